The van der Waals surface area contributed by atoms with E-state index in [0.717, 1.165) is 38.2 Å². The van der Waals surface area contributed by atoms with Crippen LogP contribution < -0.4 is 15.4 Å². The molecule has 2 N–H and O–H groups in total. The molecule has 3 heteroatoms. The van der Waals surface area contributed by atoms with Crippen molar-refractivity contribution in [3.8, 4) is 5.75 Å². The highest BCUT2D eigenvalue weighted by molar-refractivity contribution is 5.53. The summed E-state index contributed by atoms with van der Waals surface area (Å²) in [6.07, 6.45) is 13.6. The maximum absolute atomic E-state index is 6.12. The van der Waals surface area contributed by atoms with Gasteiger partial charge in [-0.1, -0.05) is 51.9 Å². The van der Waals surface area contributed by atoms with Crippen LogP contribution in [0.2, 0.25) is 0 Å². The highest BCUT2D eigenvalue weighted by Crippen LogP contribution is 2.24. The van der Waals surface area contributed by atoms with Gasteiger partial charge in [-0.15, -0.1) is 0 Å². The van der Waals surface area contributed by atoms with Crippen LogP contribution >= 0.6 is 0 Å². The largest absolute Gasteiger partial charge is 0.490 e. The number of aryl methyl sites for hydroxylation is 1. The number of benzene rings is 1. The van der Waals surface area contributed by atoms with Gasteiger partial charge >= 0.3 is 0 Å². The SMILES string of the molecule is CCCCCCCCCCNc1ccc(OC2CCNCC2)cc1C. The van der Waals surface area contributed by atoms with Crippen LogP contribution in [0.15, 0.2) is 18.2 Å². The van der Waals surface area contributed by atoms with E-state index in [0.29, 0.717) is 6.10 Å². The van der Waals surface area contributed by atoms with E-state index in [1.807, 2.05) is 0 Å². The Morgan fingerprint density at radius 3 is 2.36 bits per heavy atom. The van der Waals surface area contributed by atoms with Crippen LogP contribution in [-0.2, 0) is 0 Å². The number of hydrogen-bond acceptors (Lipinski definition) is 3. The van der Waals surface area contributed by atoms with Crippen LogP contribution in [0.4, 0.5) is 5.69 Å². The van der Waals surface area contributed by atoms with Gasteiger partial charge in [-0.2, -0.15) is 0 Å². The summed E-state index contributed by atoms with van der Waals surface area (Å²) in [6, 6.07) is 6.47. The van der Waals surface area contributed by atoms with Gasteiger partial charge in [0.05, 0.1) is 0 Å². The van der Waals surface area contributed by atoms with Crippen molar-refractivity contribution in [2.45, 2.75) is 84.2 Å². The Morgan fingerprint density at radius 1 is 1.00 bits per heavy atom. The van der Waals surface area contributed by atoms with Crippen molar-refractivity contribution in [3.63, 3.8) is 0 Å². The highest BCUT2D eigenvalue weighted by atomic mass is 16.5. The highest BCUT2D eigenvalue weighted by Gasteiger charge is 2.14. The Bertz CT molecular complexity index is 469. The maximum Gasteiger partial charge on any atom is 0.120 e. The predicted octanol–water partition coefficient (Wildman–Crippen LogP) is 5.68. The molecule has 1 aromatic rings. The second-order valence-corrected chi connectivity index (χ2v) is 7.45. The summed E-state index contributed by atoms with van der Waals surface area (Å²) in [7, 11) is 0. The molecule has 1 fully saturated rings. The fourth-order valence-corrected chi connectivity index (χ4v) is 3.50. The lowest BCUT2D eigenvalue weighted by atomic mass is 10.1. The van der Waals surface area contributed by atoms with Gasteiger partial charge in [0.25, 0.3) is 0 Å². The van der Waals surface area contributed by atoms with Crippen LogP contribution in [0, 0.1) is 6.92 Å². The summed E-state index contributed by atoms with van der Waals surface area (Å²) in [4.78, 5) is 0. The van der Waals surface area contributed by atoms with Gasteiger partial charge in [0.2, 0.25) is 0 Å². The van der Waals surface area contributed by atoms with E-state index in [9.17, 15) is 0 Å². The zero-order chi connectivity index (χ0) is 17.7. The molecule has 3 nitrogen and oxygen atoms in total. The maximum atomic E-state index is 6.12. The average molecular weight is 347 g/mol. The Kier molecular flexibility index (Phi) is 9.79. The molecule has 1 aliphatic rings. The first-order chi connectivity index (χ1) is 12.3. The first kappa shape index (κ1) is 20.1. The Balaban J connectivity index is 1.60. The lowest BCUT2D eigenvalue weighted by molar-refractivity contribution is 0.162. The van der Waals surface area contributed by atoms with E-state index >= 15 is 0 Å². The van der Waals surface area contributed by atoms with Gasteiger partial charge in [-0.3, -0.25) is 0 Å². The molecule has 0 spiro atoms. The molecule has 142 valence electrons. The number of unbranched alkanes of at least 4 members (excludes halogenated alkanes) is 7. The molecule has 0 atom stereocenters. The number of rotatable bonds is 12. The first-order valence-corrected chi connectivity index (χ1v) is 10.5. The van der Waals surface area contributed by atoms with E-state index in [4.69, 9.17) is 4.74 Å². The minimum atomic E-state index is 0.372. The van der Waals surface area contributed by atoms with Crippen molar-refractivity contribution in [1.82, 2.24) is 5.32 Å². The molecule has 1 saturated heterocycles. The van der Waals surface area contributed by atoms with E-state index in [2.05, 4.69) is 42.7 Å². The normalized spacial score (nSPS) is 15.3. The van der Waals surface area contributed by atoms with Gasteiger partial charge in [0.1, 0.15) is 11.9 Å². The van der Waals surface area contributed by atoms with E-state index in [-0.39, 0.29) is 0 Å². The van der Waals surface area contributed by atoms with E-state index < -0.39 is 0 Å². The van der Waals surface area contributed by atoms with E-state index in [1.54, 1.807) is 0 Å². The van der Waals surface area contributed by atoms with Crippen LogP contribution in [0.5, 0.6) is 5.75 Å². The molecular formula is C22H38N2O. The summed E-state index contributed by atoms with van der Waals surface area (Å²) in [5, 5.41) is 6.97. The molecule has 0 aromatic heterocycles. The molecule has 0 unspecified atom stereocenters. The van der Waals surface area contributed by atoms with Crippen molar-refractivity contribution in [3.05, 3.63) is 23.8 Å². The fourth-order valence-electron chi connectivity index (χ4n) is 3.50. The van der Waals surface area contributed by atoms with Crippen molar-refractivity contribution in [2.24, 2.45) is 0 Å². The van der Waals surface area contributed by atoms with Gasteiger partial charge in [-0.05, 0) is 63.0 Å². The summed E-state index contributed by atoms with van der Waals surface area (Å²) in [6.45, 7) is 7.67. The molecular weight excluding hydrogens is 308 g/mol. The molecule has 25 heavy (non-hydrogen) atoms. The monoisotopic (exact) mass is 346 g/mol. The Labute approximate surface area is 154 Å². The molecule has 0 bridgehead atoms. The third-order valence-corrected chi connectivity index (χ3v) is 5.13. The second kappa shape index (κ2) is 12.2. The van der Waals surface area contributed by atoms with Gasteiger partial charge < -0.3 is 15.4 Å². The van der Waals surface area contributed by atoms with Crippen molar-refractivity contribution < 1.29 is 4.74 Å². The molecule has 0 saturated carbocycles. The number of piperidine rings is 1. The van der Waals surface area contributed by atoms with Crippen molar-refractivity contribution in [2.75, 3.05) is 25.0 Å². The topological polar surface area (TPSA) is 33.3 Å². The van der Waals surface area contributed by atoms with Gasteiger partial charge in [0, 0.05) is 12.2 Å². The first-order valence-electron chi connectivity index (χ1n) is 10.5. The standard InChI is InChI=1S/C22H38N2O/c1-3-4-5-6-7-8-9-10-15-24-22-12-11-21(18-19(22)2)25-20-13-16-23-17-14-20/h11-12,18,20,23-24H,3-10,13-17H2,1-2H3. The van der Waals surface area contributed by atoms with E-state index in [1.165, 1.54) is 62.6 Å². The number of hydrogen-bond donors (Lipinski definition) is 2. The molecule has 1 heterocycles. The number of anilines is 1. The van der Waals surface area contributed by atoms with Crippen LogP contribution in [0.25, 0.3) is 0 Å². The third kappa shape index (κ3) is 8.13. The van der Waals surface area contributed by atoms with Crippen molar-refractivity contribution >= 4 is 5.69 Å². The molecule has 0 aliphatic carbocycles. The molecule has 1 aliphatic heterocycles. The van der Waals surface area contributed by atoms with Crippen LogP contribution in [0.1, 0.15) is 76.7 Å². The molecule has 2 rings (SSSR count). The van der Waals surface area contributed by atoms with Crippen molar-refractivity contribution in [1.29, 1.82) is 0 Å². The Hall–Kier alpha value is -1.22. The number of nitrogens with one attached hydrogen (secondary N) is 2. The predicted molar refractivity (Wildman–Crippen MR) is 109 cm³/mol. The molecule has 0 radical (unpaired) electrons. The smallest absolute Gasteiger partial charge is 0.120 e. The zero-order valence-electron chi connectivity index (χ0n) is 16.4. The molecule has 1 aromatic carbocycles. The van der Waals surface area contributed by atoms with Crippen LogP contribution in [-0.4, -0.2) is 25.7 Å². The quantitative estimate of drug-likeness (QED) is 0.478. The zero-order valence-corrected chi connectivity index (χ0v) is 16.4. The lowest BCUT2D eigenvalue weighted by Gasteiger charge is -2.24. The van der Waals surface area contributed by atoms with Gasteiger partial charge in [0.15, 0.2) is 0 Å². The lowest BCUT2D eigenvalue weighted by Crippen LogP contribution is -2.34. The minimum Gasteiger partial charge on any atom is -0.490 e. The minimum absolute atomic E-state index is 0.372. The summed E-state index contributed by atoms with van der Waals surface area (Å²) < 4.78 is 6.12. The number of ether oxygens (including phenoxy) is 1. The summed E-state index contributed by atoms with van der Waals surface area (Å²) >= 11 is 0. The average Bonchev–Trinajstić information content (AvgIpc) is 2.63. The van der Waals surface area contributed by atoms with Gasteiger partial charge in [-0.25, -0.2) is 0 Å². The summed E-state index contributed by atoms with van der Waals surface area (Å²) in [5.74, 6) is 1.02. The fraction of sp³-hybridized carbons (Fsp3) is 0.727. The third-order valence-electron chi connectivity index (χ3n) is 5.13. The second-order valence-electron chi connectivity index (χ2n) is 7.45. The van der Waals surface area contributed by atoms with Crippen LogP contribution in [0.3, 0.4) is 0 Å². The molecule has 0 amide bonds. The summed E-state index contributed by atoms with van der Waals surface area (Å²) in [5.41, 5.74) is 2.53. The Morgan fingerprint density at radius 2 is 1.68 bits per heavy atom.